The van der Waals surface area contributed by atoms with Crippen molar-refractivity contribution >= 4 is 0 Å². The summed E-state index contributed by atoms with van der Waals surface area (Å²) < 4.78 is 5.21. The van der Waals surface area contributed by atoms with Crippen LogP contribution >= 0.6 is 0 Å². The minimum absolute atomic E-state index is 0.451. The molecule has 0 spiro atoms. The molecule has 1 saturated heterocycles. The number of nitrogens with two attached hydrogens (primary N) is 1. The van der Waals surface area contributed by atoms with Crippen LogP contribution in [0.15, 0.2) is 0 Å². The van der Waals surface area contributed by atoms with E-state index in [4.69, 9.17) is 10.5 Å². The molecule has 0 aromatic carbocycles. The topological polar surface area (TPSA) is 38.5 Å². The second-order valence-electron chi connectivity index (χ2n) is 2.74. The fourth-order valence-electron chi connectivity index (χ4n) is 1.38. The van der Waals surface area contributed by atoms with E-state index in [1.165, 1.54) is 0 Å². The molecule has 2 N–H and O–H groups in total. The highest BCUT2D eigenvalue weighted by Crippen LogP contribution is 2.09. The maximum atomic E-state index is 5.41. The summed E-state index contributed by atoms with van der Waals surface area (Å²) >= 11 is 0. The van der Waals surface area contributed by atoms with Gasteiger partial charge in [-0.1, -0.05) is 0 Å². The van der Waals surface area contributed by atoms with E-state index in [0.717, 1.165) is 32.6 Å². The summed E-state index contributed by atoms with van der Waals surface area (Å²) in [6.07, 6.45) is 1.61. The molecule has 10 heavy (non-hydrogen) atoms. The number of likely N-dealkylation sites (tertiary alicyclic amines) is 1. The maximum Gasteiger partial charge on any atom is 0.0710 e. The molecule has 1 heterocycles. The predicted molar refractivity (Wildman–Crippen MR) is 40.9 cm³/mol. The molecule has 60 valence electrons. The average molecular weight is 144 g/mol. The molecule has 3 heteroatoms. The Kier molecular flexibility index (Phi) is 3.12. The van der Waals surface area contributed by atoms with Gasteiger partial charge in [0.15, 0.2) is 0 Å². The Labute approximate surface area is 62.1 Å². The zero-order valence-corrected chi connectivity index (χ0v) is 6.55. The fourth-order valence-corrected chi connectivity index (χ4v) is 1.38. The SMILES string of the molecule is CO[C@@H]1CCN(CCN)C1. The van der Waals surface area contributed by atoms with Crippen molar-refractivity contribution in [3.8, 4) is 0 Å². The minimum Gasteiger partial charge on any atom is -0.380 e. The van der Waals surface area contributed by atoms with E-state index in [0.29, 0.717) is 6.10 Å². The maximum absolute atomic E-state index is 5.41. The molecule has 1 fully saturated rings. The van der Waals surface area contributed by atoms with Crippen LogP contribution in [-0.2, 0) is 4.74 Å². The van der Waals surface area contributed by atoms with Crippen molar-refractivity contribution in [3.05, 3.63) is 0 Å². The van der Waals surface area contributed by atoms with Crippen molar-refractivity contribution in [2.24, 2.45) is 5.73 Å². The summed E-state index contributed by atoms with van der Waals surface area (Å²) in [6.45, 7) is 3.99. The molecule has 1 aliphatic heterocycles. The van der Waals surface area contributed by atoms with Gasteiger partial charge in [-0.2, -0.15) is 0 Å². The molecule has 0 amide bonds. The Morgan fingerprint density at radius 2 is 2.50 bits per heavy atom. The van der Waals surface area contributed by atoms with Gasteiger partial charge in [-0.05, 0) is 6.42 Å². The summed E-state index contributed by atoms with van der Waals surface area (Å²) in [4.78, 5) is 2.34. The van der Waals surface area contributed by atoms with Crippen LogP contribution in [0.25, 0.3) is 0 Å². The molecular weight excluding hydrogens is 128 g/mol. The largest absolute Gasteiger partial charge is 0.380 e. The number of hydrogen-bond donors (Lipinski definition) is 1. The highest BCUT2D eigenvalue weighted by Gasteiger charge is 2.20. The summed E-state index contributed by atoms with van der Waals surface area (Å²) in [7, 11) is 1.77. The van der Waals surface area contributed by atoms with Gasteiger partial charge in [0, 0.05) is 33.3 Å². The molecule has 0 aromatic rings. The minimum atomic E-state index is 0.451. The predicted octanol–water partition coefficient (Wildman–Crippen LogP) is -0.334. The Bertz CT molecular complexity index is 97.6. The van der Waals surface area contributed by atoms with Crippen molar-refractivity contribution < 1.29 is 4.74 Å². The zero-order chi connectivity index (χ0) is 7.40. The van der Waals surface area contributed by atoms with Crippen molar-refractivity contribution in [3.63, 3.8) is 0 Å². The normalized spacial score (nSPS) is 27.6. The van der Waals surface area contributed by atoms with E-state index in [2.05, 4.69) is 4.90 Å². The summed E-state index contributed by atoms with van der Waals surface area (Å²) in [5.41, 5.74) is 5.41. The van der Waals surface area contributed by atoms with Gasteiger partial charge in [-0.3, -0.25) is 4.90 Å². The van der Waals surface area contributed by atoms with Crippen molar-refractivity contribution in [1.82, 2.24) is 4.90 Å². The molecule has 0 aliphatic carbocycles. The van der Waals surface area contributed by atoms with Crippen molar-refractivity contribution in [2.75, 3.05) is 33.3 Å². The lowest BCUT2D eigenvalue weighted by atomic mass is 10.3. The van der Waals surface area contributed by atoms with E-state index >= 15 is 0 Å². The second kappa shape index (κ2) is 3.91. The fraction of sp³-hybridized carbons (Fsp3) is 1.00. The third-order valence-corrected chi connectivity index (χ3v) is 2.01. The van der Waals surface area contributed by atoms with E-state index in [9.17, 15) is 0 Å². The first kappa shape index (κ1) is 7.98. The van der Waals surface area contributed by atoms with Gasteiger partial charge in [0.05, 0.1) is 6.10 Å². The zero-order valence-electron chi connectivity index (χ0n) is 6.55. The van der Waals surface area contributed by atoms with E-state index in [-0.39, 0.29) is 0 Å². The number of ether oxygens (including phenoxy) is 1. The molecule has 0 radical (unpaired) electrons. The number of methoxy groups -OCH3 is 1. The third-order valence-electron chi connectivity index (χ3n) is 2.01. The average Bonchev–Trinajstić information content (AvgIpc) is 2.37. The molecule has 0 bridgehead atoms. The molecule has 1 rings (SSSR count). The molecule has 0 saturated carbocycles. The molecule has 0 aromatic heterocycles. The number of rotatable bonds is 3. The number of nitrogens with zero attached hydrogens (tertiary/aromatic N) is 1. The van der Waals surface area contributed by atoms with Crippen LogP contribution in [0.5, 0.6) is 0 Å². The summed E-state index contributed by atoms with van der Waals surface area (Å²) in [6, 6.07) is 0. The van der Waals surface area contributed by atoms with Crippen LogP contribution in [0.2, 0.25) is 0 Å². The van der Waals surface area contributed by atoms with Crippen LogP contribution in [0.1, 0.15) is 6.42 Å². The second-order valence-corrected chi connectivity index (χ2v) is 2.74. The van der Waals surface area contributed by atoms with Gasteiger partial charge in [0.1, 0.15) is 0 Å². The molecule has 3 nitrogen and oxygen atoms in total. The molecule has 1 atom stereocenters. The molecular formula is C7H16N2O. The highest BCUT2D eigenvalue weighted by atomic mass is 16.5. The Hall–Kier alpha value is -0.120. The van der Waals surface area contributed by atoms with Crippen LogP contribution in [-0.4, -0.2) is 44.3 Å². The third kappa shape index (κ3) is 1.94. The monoisotopic (exact) mass is 144 g/mol. The Morgan fingerprint density at radius 3 is 3.00 bits per heavy atom. The van der Waals surface area contributed by atoms with E-state index in [1.54, 1.807) is 7.11 Å². The van der Waals surface area contributed by atoms with E-state index < -0.39 is 0 Å². The van der Waals surface area contributed by atoms with Gasteiger partial charge < -0.3 is 10.5 Å². The van der Waals surface area contributed by atoms with Gasteiger partial charge in [0.25, 0.3) is 0 Å². The lowest BCUT2D eigenvalue weighted by Gasteiger charge is -2.13. The van der Waals surface area contributed by atoms with Crippen molar-refractivity contribution in [1.29, 1.82) is 0 Å². The van der Waals surface area contributed by atoms with Crippen LogP contribution in [0.4, 0.5) is 0 Å². The first-order valence-corrected chi connectivity index (χ1v) is 3.82. The van der Waals surface area contributed by atoms with Crippen LogP contribution in [0, 0.1) is 0 Å². The standard InChI is InChI=1S/C7H16N2O/c1-10-7-2-4-9(6-7)5-3-8/h7H,2-6,8H2,1H3/t7-/m1/s1. The summed E-state index contributed by atoms with van der Waals surface area (Å²) in [5, 5.41) is 0. The first-order valence-electron chi connectivity index (χ1n) is 3.82. The highest BCUT2D eigenvalue weighted by molar-refractivity contribution is 4.75. The first-order chi connectivity index (χ1) is 4.86. The van der Waals surface area contributed by atoms with Crippen LogP contribution in [0.3, 0.4) is 0 Å². The van der Waals surface area contributed by atoms with Gasteiger partial charge in [0.2, 0.25) is 0 Å². The van der Waals surface area contributed by atoms with Gasteiger partial charge in [-0.15, -0.1) is 0 Å². The van der Waals surface area contributed by atoms with Gasteiger partial charge >= 0.3 is 0 Å². The van der Waals surface area contributed by atoms with E-state index in [1.807, 2.05) is 0 Å². The molecule has 0 unspecified atom stereocenters. The smallest absolute Gasteiger partial charge is 0.0710 e. The Morgan fingerprint density at radius 1 is 1.70 bits per heavy atom. The van der Waals surface area contributed by atoms with Crippen LogP contribution < -0.4 is 5.73 Å². The van der Waals surface area contributed by atoms with Gasteiger partial charge in [-0.25, -0.2) is 0 Å². The van der Waals surface area contributed by atoms with Crippen molar-refractivity contribution in [2.45, 2.75) is 12.5 Å². The lowest BCUT2D eigenvalue weighted by molar-refractivity contribution is 0.108. The number of hydrogen-bond acceptors (Lipinski definition) is 3. The molecule has 1 aliphatic rings. The quantitative estimate of drug-likeness (QED) is 0.589. The lowest BCUT2D eigenvalue weighted by Crippen LogP contribution is -2.28. The summed E-state index contributed by atoms with van der Waals surface area (Å²) in [5.74, 6) is 0. The Balaban J connectivity index is 2.15.